The second-order valence-corrected chi connectivity index (χ2v) is 12.0. The number of aromatic nitrogens is 5. The van der Waals surface area contributed by atoms with Crippen molar-refractivity contribution in [1.82, 2.24) is 34.7 Å². The summed E-state index contributed by atoms with van der Waals surface area (Å²) in [6.07, 6.45) is 11.8. The fourth-order valence-electron chi connectivity index (χ4n) is 5.52. The average Bonchev–Trinajstić information content (AvgIpc) is 3.40. The number of rotatable bonds is 9. The molecule has 12 heteroatoms. The Morgan fingerprint density at radius 3 is 2.67 bits per heavy atom. The van der Waals surface area contributed by atoms with E-state index in [0.29, 0.717) is 28.5 Å². The van der Waals surface area contributed by atoms with Crippen molar-refractivity contribution in [3.8, 4) is 16.6 Å². The zero-order valence-electron chi connectivity index (χ0n) is 22.6. The van der Waals surface area contributed by atoms with E-state index in [1.165, 1.54) is 11.3 Å². The molecular weight excluding hydrogens is 516 g/mol. The van der Waals surface area contributed by atoms with E-state index >= 15 is 0 Å². The minimum Gasteiger partial charge on any atom is -0.460 e. The maximum Gasteiger partial charge on any atom is 0.317 e. The number of anilines is 2. The first-order valence-electron chi connectivity index (χ1n) is 13.6. The standard InChI is InChI=1S/C27H36N8O3S/c1-34-9-10-35(15-20(34)16-36-2)14-19-11-29-24(30-12-19)33-26-31-13-23(39-26)22-5-8-28-25(32-22)38-21-3-6-27(7-4-21)17-37-18-27/h5,8,11-13,20-21H,3-4,6-7,9-10,14-18H2,1-2H3,(H,29,30,31,33)/t20-/m0/s1. The number of thiazole rings is 1. The van der Waals surface area contributed by atoms with Crippen LogP contribution in [0.2, 0.25) is 0 Å². The highest BCUT2D eigenvalue weighted by atomic mass is 32.1. The molecule has 0 unspecified atom stereocenters. The van der Waals surface area contributed by atoms with Crippen LogP contribution < -0.4 is 10.1 Å². The van der Waals surface area contributed by atoms with E-state index in [1.807, 2.05) is 18.5 Å². The lowest BCUT2D eigenvalue weighted by molar-refractivity contribution is -0.140. The Morgan fingerprint density at radius 1 is 1.10 bits per heavy atom. The van der Waals surface area contributed by atoms with Crippen LogP contribution >= 0.6 is 11.3 Å². The van der Waals surface area contributed by atoms with Crippen molar-refractivity contribution < 1.29 is 14.2 Å². The van der Waals surface area contributed by atoms with Crippen molar-refractivity contribution in [2.24, 2.45) is 5.41 Å². The Hall–Kier alpha value is -2.77. The summed E-state index contributed by atoms with van der Waals surface area (Å²) in [7, 11) is 3.92. The van der Waals surface area contributed by atoms with Crippen LogP contribution in [0.4, 0.5) is 11.1 Å². The van der Waals surface area contributed by atoms with Crippen LogP contribution in [0.5, 0.6) is 6.01 Å². The smallest absolute Gasteiger partial charge is 0.317 e. The van der Waals surface area contributed by atoms with Crippen LogP contribution in [0.15, 0.2) is 30.9 Å². The van der Waals surface area contributed by atoms with E-state index in [2.05, 4.69) is 47.1 Å². The van der Waals surface area contributed by atoms with Gasteiger partial charge in [0.15, 0.2) is 5.13 Å². The van der Waals surface area contributed by atoms with Crippen LogP contribution in [-0.4, -0.2) is 100 Å². The van der Waals surface area contributed by atoms with Crippen LogP contribution in [-0.2, 0) is 16.0 Å². The van der Waals surface area contributed by atoms with Gasteiger partial charge in [0.1, 0.15) is 6.10 Å². The normalized spacial score (nSPS) is 22.1. The van der Waals surface area contributed by atoms with E-state index in [1.54, 1.807) is 19.5 Å². The highest BCUT2D eigenvalue weighted by Gasteiger charge is 2.42. The topological polar surface area (TPSA) is 111 Å². The molecule has 2 saturated heterocycles. The predicted octanol–water partition coefficient (Wildman–Crippen LogP) is 3.23. The van der Waals surface area contributed by atoms with Gasteiger partial charge in [-0.2, -0.15) is 4.98 Å². The summed E-state index contributed by atoms with van der Waals surface area (Å²) >= 11 is 1.50. The average molecular weight is 553 g/mol. The van der Waals surface area contributed by atoms with Gasteiger partial charge in [-0.3, -0.25) is 9.80 Å². The first kappa shape index (κ1) is 26.5. The molecule has 0 radical (unpaired) electrons. The molecular formula is C27H36N8O3S. The second kappa shape index (κ2) is 11.8. The Kier molecular flexibility index (Phi) is 7.98. The molecule has 3 aromatic rings. The molecule has 0 aromatic carbocycles. The number of piperazine rings is 1. The van der Waals surface area contributed by atoms with E-state index in [-0.39, 0.29) is 6.10 Å². The third-order valence-electron chi connectivity index (χ3n) is 8.02. The second-order valence-electron chi connectivity index (χ2n) is 10.9. The number of nitrogens with one attached hydrogen (secondary N) is 1. The molecule has 208 valence electrons. The van der Waals surface area contributed by atoms with Crippen molar-refractivity contribution in [2.75, 3.05) is 58.9 Å². The number of ether oxygens (including phenoxy) is 3. The maximum atomic E-state index is 6.14. The van der Waals surface area contributed by atoms with Crippen LogP contribution in [0.25, 0.3) is 10.6 Å². The number of likely N-dealkylation sites (N-methyl/N-ethyl adjacent to an activating group) is 1. The third-order valence-corrected chi connectivity index (χ3v) is 8.96. The minimum atomic E-state index is 0.160. The lowest BCUT2D eigenvalue weighted by Crippen LogP contribution is -2.52. The molecule has 1 atom stereocenters. The van der Waals surface area contributed by atoms with Crippen LogP contribution in [0.1, 0.15) is 31.2 Å². The Labute approximate surface area is 233 Å². The highest BCUT2D eigenvalue weighted by Crippen LogP contribution is 2.43. The number of hydrogen-bond donors (Lipinski definition) is 1. The first-order valence-corrected chi connectivity index (χ1v) is 14.4. The van der Waals surface area contributed by atoms with Crippen molar-refractivity contribution >= 4 is 22.4 Å². The maximum absolute atomic E-state index is 6.14. The summed E-state index contributed by atoms with van der Waals surface area (Å²) in [4.78, 5) is 28.3. The zero-order chi connectivity index (χ0) is 26.7. The number of methoxy groups -OCH3 is 1. The molecule has 6 rings (SSSR count). The Bertz CT molecular complexity index is 1230. The van der Waals surface area contributed by atoms with Gasteiger partial charge in [0, 0.05) is 75.1 Å². The minimum absolute atomic E-state index is 0.160. The molecule has 3 aromatic heterocycles. The van der Waals surface area contributed by atoms with Crippen molar-refractivity contribution in [3.05, 3.63) is 36.4 Å². The Balaban J connectivity index is 1.02. The van der Waals surface area contributed by atoms with Crippen molar-refractivity contribution in [3.63, 3.8) is 0 Å². The van der Waals surface area contributed by atoms with E-state index in [4.69, 9.17) is 14.2 Å². The summed E-state index contributed by atoms with van der Waals surface area (Å²) in [6.45, 7) is 6.37. The van der Waals surface area contributed by atoms with Gasteiger partial charge in [-0.1, -0.05) is 11.3 Å². The summed E-state index contributed by atoms with van der Waals surface area (Å²) in [5.41, 5.74) is 2.28. The quantitative estimate of drug-likeness (QED) is 0.422. The number of hydrogen-bond acceptors (Lipinski definition) is 12. The van der Waals surface area contributed by atoms with Gasteiger partial charge in [0.25, 0.3) is 0 Å². The summed E-state index contributed by atoms with van der Waals surface area (Å²) in [5.74, 6) is 0.522. The molecule has 11 nitrogen and oxygen atoms in total. The fraction of sp³-hybridized carbons (Fsp3) is 0.593. The summed E-state index contributed by atoms with van der Waals surface area (Å²) in [5, 5.41) is 3.93. The molecule has 5 heterocycles. The largest absolute Gasteiger partial charge is 0.460 e. The molecule has 1 saturated carbocycles. The molecule has 39 heavy (non-hydrogen) atoms. The zero-order valence-corrected chi connectivity index (χ0v) is 23.4. The molecule has 0 amide bonds. The van der Waals surface area contributed by atoms with Gasteiger partial charge in [-0.25, -0.2) is 19.9 Å². The van der Waals surface area contributed by atoms with E-state index < -0.39 is 0 Å². The first-order chi connectivity index (χ1) is 19.1. The van der Waals surface area contributed by atoms with Gasteiger partial charge in [0.2, 0.25) is 5.95 Å². The van der Waals surface area contributed by atoms with Crippen LogP contribution in [0.3, 0.4) is 0 Å². The summed E-state index contributed by atoms with van der Waals surface area (Å²) in [6, 6.07) is 2.71. The third kappa shape index (κ3) is 6.36. The molecule has 3 fully saturated rings. The molecule has 1 N–H and O–H groups in total. The highest BCUT2D eigenvalue weighted by molar-refractivity contribution is 7.18. The SMILES string of the molecule is COC[C@@H]1CN(Cc2cnc(Nc3ncc(-c4ccnc(OC5CCC6(CC5)COC6)n4)s3)nc2)CCN1C. The Morgan fingerprint density at radius 2 is 1.92 bits per heavy atom. The van der Waals surface area contributed by atoms with Gasteiger partial charge in [0.05, 0.1) is 30.4 Å². The van der Waals surface area contributed by atoms with Gasteiger partial charge < -0.3 is 19.5 Å². The lowest BCUT2D eigenvalue weighted by atomic mass is 9.72. The molecule has 0 bridgehead atoms. The van der Waals surface area contributed by atoms with Gasteiger partial charge >= 0.3 is 6.01 Å². The van der Waals surface area contributed by atoms with Crippen LogP contribution in [0, 0.1) is 5.41 Å². The van der Waals surface area contributed by atoms with E-state index in [0.717, 1.165) is 87.8 Å². The van der Waals surface area contributed by atoms with Gasteiger partial charge in [-0.15, -0.1) is 0 Å². The monoisotopic (exact) mass is 552 g/mol. The number of nitrogens with zero attached hydrogens (tertiary/aromatic N) is 7. The molecule has 1 aliphatic carbocycles. The fourth-order valence-corrected chi connectivity index (χ4v) is 6.30. The van der Waals surface area contributed by atoms with Crippen molar-refractivity contribution in [1.29, 1.82) is 0 Å². The van der Waals surface area contributed by atoms with Crippen molar-refractivity contribution in [2.45, 2.75) is 44.4 Å². The predicted molar refractivity (Wildman–Crippen MR) is 148 cm³/mol. The molecule has 1 spiro atoms. The molecule has 2 aliphatic heterocycles. The van der Waals surface area contributed by atoms with Gasteiger partial charge in [-0.05, 0) is 38.8 Å². The summed E-state index contributed by atoms with van der Waals surface area (Å²) < 4.78 is 17.0. The molecule has 3 aliphatic rings. The lowest BCUT2D eigenvalue weighted by Gasteiger charge is -2.45. The van der Waals surface area contributed by atoms with E-state index in [9.17, 15) is 0 Å².